The number of carbonyl (C=O) groups excluding carboxylic acids is 1. The first-order valence-electron chi connectivity index (χ1n) is 3.34. The summed E-state index contributed by atoms with van der Waals surface area (Å²) in [5.41, 5.74) is 0. The molecule has 0 fully saturated rings. The zero-order valence-corrected chi connectivity index (χ0v) is 6.66. The van der Waals surface area contributed by atoms with Crippen molar-refractivity contribution in [1.82, 2.24) is 0 Å². The molecule has 1 radical (unpaired) electrons. The van der Waals surface area contributed by atoms with E-state index in [1.54, 1.807) is 19.1 Å². The molecule has 0 saturated heterocycles. The molecule has 3 heteroatoms. The third-order valence-electron chi connectivity index (χ3n) is 1.03. The average Bonchev–Trinajstić information content (AvgIpc) is 1.97. The van der Waals surface area contributed by atoms with Crippen molar-refractivity contribution < 1.29 is 14.6 Å². The van der Waals surface area contributed by atoms with Crippen LogP contribution in [0.3, 0.4) is 0 Å². The molecule has 0 rings (SSSR count). The number of carbonyl (C=O) groups is 1. The molecular formula is C8H11O3. The molecule has 0 heterocycles. The van der Waals surface area contributed by atoms with Crippen LogP contribution in [-0.4, -0.2) is 12.6 Å². The van der Waals surface area contributed by atoms with Gasteiger partial charge in [-0.2, -0.15) is 0 Å². The molecule has 0 N–H and O–H groups in total. The molecule has 0 aromatic carbocycles. The molecule has 0 aliphatic rings. The lowest BCUT2D eigenvalue weighted by Crippen LogP contribution is -2.02. The monoisotopic (exact) mass is 155 g/mol. The highest BCUT2D eigenvalue weighted by Crippen LogP contribution is 1.96. The summed E-state index contributed by atoms with van der Waals surface area (Å²) in [4.78, 5) is 10.2. The topological polar surface area (TPSA) is 46.2 Å². The van der Waals surface area contributed by atoms with Crippen LogP contribution < -0.4 is 0 Å². The molecule has 0 spiro atoms. The highest BCUT2D eigenvalue weighted by molar-refractivity contribution is 5.83. The normalized spacial score (nSPS) is 12.0. The summed E-state index contributed by atoms with van der Waals surface area (Å²) in [6.07, 6.45) is 4.85. The predicted octanol–water partition coefficient (Wildman–Crippen LogP) is 1.44. The van der Waals surface area contributed by atoms with Crippen LogP contribution in [0.1, 0.15) is 13.8 Å². The second-order valence-corrected chi connectivity index (χ2v) is 1.82. The van der Waals surface area contributed by atoms with Crippen LogP contribution in [0.4, 0.5) is 0 Å². The standard InChI is InChI=1S/C8H11O3/c1-3-5-6-11-7(4-2)8(9)10/h3-5H,6H2,1-2H3/b5-3?,7-4-. The lowest BCUT2D eigenvalue weighted by molar-refractivity contribution is -0.142. The van der Waals surface area contributed by atoms with Crippen molar-refractivity contribution in [3.63, 3.8) is 0 Å². The largest absolute Gasteiger partial charge is 0.482 e. The fourth-order valence-electron chi connectivity index (χ4n) is 0.494. The van der Waals surface area contributed by atoms with Gasteiger partial charge < -0.3 is 4.74 Å². The van der Waals surface area contributed by atoms with Gasteiger partial charge in [0.15, 0.2) is 0 Å². The third-order valence-corrected chi connectivity index (χ3v) is 1.03. The maximum atomic E-state index is 10.2. The molecule has 0 unspecified atom stereocenters. The van der Waals surface area contributed by atoms with E-state index in [0.29, 0.717) is 0 Å². The van der Waals surface area contributed by atoms with Gasteiger partial charge >= 0.3 is 5.97 Å². The summed E-state index contributed by atoms with van der Waals surface area (Å²) in [6, 6.07) is 0. The van der Waals surface area contributed by atoms with Crippen LogP contribution >= 0.6 is 0 Å². The van der Waals surface area contributed by atoms with Gasteiger partial charge in [0.1, 0.15) is 6.61 Å². The van der Waals surface area contributed by atoms with Gasteiger partial charge in [0.25, 0.3) is 0 Å². The summed E-state index contributed by atoms with van der Waals surface area (Å²) in [6.45, 7) is 3.68. The van der Waals surface area contributed by atoms with Crippen molar-refractivity contribution >= 4 is 5.97 Å². The fourth-order valence-corrected chi connectivity index (χ4v) is 0.494. The summed E-state index contributed by atoms with van der Waals surface area (Å²) in [7, 11) is 0. The average molecular weight is 155 g/mol. The van der Waals surface area contributed by atoms with E-state index in [9.17, 15) is 9.90 Å². The Morgan fingerprint density at radius 3 is 2.45 bits per heavy atom. The van der Waals surface area contributed by atoms with Crippen LogP contribution in [0.5, 0.6) is 0 Å². The van der Waals surface area contributed by atoms with E-state index in [1.807, 2.05) is 6.92 Å². The van der Waals surface area contributed by atoms with E-state index in [0.717, 1.165) is 0 Å². The second kappa shape index (κ2) is 5.53. The van der Waals surface area contributed by atoms with Gasteiger partial charge in [-0.05, 0) is 19.9 Å². The number of hydrogen-bond acceptors (Lipinski definition) is 2. The van der Waals surface area contributed by atoms with Crippen molar-refractivity contribution in [2.24, 2.45) is 0 Å². The number of ether oxygens (including phenoxy) is 1. The smallest absolute Gasteiger partial charge is 0.420 e. The Bertz CT molecular complexity index is 180. The minimum absolute atomic E-state index is 0.122. The van der Waals surface area contributed by atoms with Crippen LogP contribution in [0, 0.1) is 0 Å². The van der Waals surface area contributed by atoms with Gasteiger partial charge in [-0.25, -0.2) is 9.90 Å². The molecule has 0 aromatic heterocycles. The lowest BCUT2D eigenvalue weighted by Gasteiger charge is -1.99. The fraction of sp³-hybridized carbons (Fsp3) is 0.375. The predicted molar refractivity (Wildman–Crippen MR) is 40.2 cm³/mol. The van der Waals surface area contributed by atoms with Crippen molar-refractivity contribution in [1.29, 1.82) is 0 Å². The van der Waals surface area contributed by atoms with Gasteiger partial charge in [-0.15, -0.1) is 0 Å². The van der Waals surface area contributed by atoms with E-state index < -0.39 is 5.97 Å². The molecule has 0 atom stereocenters. The van der Waals surface area contributed by atoms with Crippen LogP contribution in [-0.2, 0) is 14.6 Å². The van der Waals surface area contributed by atoms with E-state index in [4.69, 9.17) is 4.74 Å². The maximum absolute atomic E-state index is 10.2. The minimum atomic E-state index is -1.28. The number of allylic oxidation sites excluding steroid dienone is 2. The Morgan fingerprint density at radius 2 is 2.09 bits per heavy atom. The van der Waals surface area contributed by atoms with Crippen molar-refractivity contribution in [2.75, 3.05) is 6.61 Å². The summed E-state index contributed by atoms with van der Waals surface area (Å²) >= 11 is 0. The highest BCUT2D eigenvalue weighted by Gasteiger charge is 2.07. The van der Waals surface area contributed by atoms with E-state index in [-0.39, 0.29) is 12.4 Å². The maximum Gasteiger partial charge on any atom is 0.420 e. The Morgan fingerprint density at radius 1 is 1.45 bits per heavy atom. The van der Waals surface area contributed by atoms with E-state index in [1.165, 1.54) is 6.08 Å². The molecule has 61 valence electrons. The lowest BCUT2D eigenvalue weighted by atomic mass is 10.4. The molecule has 0 aliphatic carbocycles. The van der Waals surface area contributed by atoms with Crippen LogP contribution in [0.25, 0.3) is 0 Å². The molecule has 0 aliphatic heterocycles. The number of hydrogen-bond donors (Lipinski definition) is 0. The zero-order valence-electron chi connectivity index (χ0n) is 6.66. The molecule has 0 bridgehead atoms. The molecule has 0 saturated carbocycles. The first-order chi connectivity index (χ1) is 5.22. The van der Waals surface area contributed by atoms with Gasteiger partial charge in [0, 0.05) is 0 Å². The summed E-state index contributed by atoms with van der Waals surface area (Å²) in [5, 5.41) is 10.2. The molecule has 3 nitrogen and oxygen atoms in total. The zero-order chi connectivity index (χ0) is 8.69. The van der Waals surface area contributed by atoms with Crippen molar-refractivity contribution in [3.05, 3.63) is 24.0 Å². The molecular weight excluding hydrogens is 144 g/mol. The van der Waals surface area contributed by atoms with Gasteiger partial charge in [-0.3, -0.25) is 0 Å². The Balaban J connectivity index is 3.82. The molecule has 11 heavy (non-hydrogen) atoms. The first-order valence-corrected chi connectivity index (χ1v) is 3.34. The SMILES string of the molecule is CC=CCO/C(=C\C)C([O])=O. The number of rotatable bonds is 4. The highest BCUT2D eigenvalue weighted by atomic mass is 16.5. The van der Waals surface area contributed by atoms with Gasteiger partial charge in [-0.1, -0.05) is 12.2 Å². The Kier molecular flexibility index (Phi) is 4.90. The summed E-state index contributed by atoms with van der Waals surface area (Å²) < 4.78 is 4.81. The minimum Gasteiger partial charge on any atom is -0.482 e. The van der Waals surface area contributed by atoms with Gasteiger partial charge in [0.05, 0.1) is 0 Å². The van der Waals surface area contributed by atoms with E-state index in [2.05, 4.69) is 0 Å². The first kappa shape index (κ1) is 9.75. The second-order valence-electron chi connectivity index (χ2n) is 1.82. The Labute approximate surface area is 66.0 Å². The van der Waals surface area contributed by atoms with E-state index >= 15 is 0 Å². The quantitative estimate of drug-likeness (QED) is 0.350. The van der Waals surface area contributed by atoms with Crippen molar-refractivity contribution in [3.8, 4) is 0 Å². The molecule has 0 aromatic rings. The third kappa shape index (κ3) is 4.19. The summed E-state index contributed by atoms with van der Waals surface area (Å²) in [5.74, 6) is -1.40. The van der Waals surface area contributed by atoms with Crippen LogP contribution in [0.15, 0.2) is 24.0 Å². The van der Waals surface area contributed by atoms with Gasteiger partial charge in [0.2, 0.25) is 5.76 Å². The van der Waals surface area contributed by atoms with Crippen LogP contribution in [0.2, 0.25) is 0 Å². The van der Waals surface area contributed by atoms with Crippen molar-refractivity contribution in [2.45, 2.75) is 13.8 Å². The Hall–Kier alpha value is -1.25. The molecule has 0 amide bonds.